The largest absolute Gasteiger partial charge is 0.299 e. The molecule has 0 aromatic rings. The van der Waals surface area contributed by atoms with Gasteiger partial charge in [0.15, 0.2) is 0 Å². The van der Waals surface area contributed by atoms with Gasteiger partial charge in [0, 0.05) is 25.2 Å². The van der Waals surface area contributed by atoms with Crippen LogP contribution in [0.25, 0.3) is 0 Å². The summed E-state index contributed by atoms with van der Waals surface area (Å²) in [5.74, 6) is 8.61. The van der Waals surface area contributed by atoms with Crippen molar-refractivity contribution in [2.45, 2.75) is 39.0 Å². The normalized spacial score (nSPS) is 36.2. The van der Waals surface area contributed by atoms with E-state index in [9.17, 15) is 4.79 Å². The van der Waals surface area contributed by atoms with Gasteiger partial charge in [0.2, 0.25) is 0 Å². The lowest BCUT2D eigenvalue weighted by Gasteiger charge is -1.96. The molecule has 13 heavy (non-hydrogen) atoms. The van der Waals surface area contributed by atoms with Gasteiger partial charge in [0.05, 0.1) is 0 Å². The average molecular weight is 176 g/mol. The van der Waals surface area contributed by atoms with Gasteiger partial charge < -0.3 is 0 Å². The Morgan fingerprint density at radius 2 is 1.77 bits per heavy atom. The van der Waals surface area contributed by atoms with Gasteiger partial charge in [0.1, 0.15) is 5.78 Å². The van der Waals surface area contributed by atoms with Crippen molar-refractivity contribution in [2.24, 2.45) is 17.8 Å². The SMILES string of the molecule is CCC(=O)C1C2CCC#CCCC21. The van der Waals surface area contributed by atoms with Crippen molar-refractivity contribution < 1.29 is 4.79 Å². The van der Waals surface area contributed by atoms with Gasteiger partial charge in [-0.2, -0.15) is 0 Å². The number of carbonyl (C=O) groups is 1. The predicted molar refractivity (Wildman–Crippen MR) is 52.0 cm³/mol. The van der Waals surface area contributed by atoms with Crippen molar-refractivity contribution in [2.75, 3.05) is 0 Å². The van der Waals surface area contributed by atoms with E-state index in [4.69, 9.17) is 0 Å². The first-order valence-corrected chi connectivity index (χ1v) is 5.33. The topological polar surface area (TPSA) is 17.1 Å². The van der Waals surface area contributed by atoms with Gasteiger partial charge in [-0.05, 0) is 24.7 Å². The number of carbonyl (C=O) groups excluding carboxylic acids is 1. The molecule has 2 rings (SSSR count). The molecule has 2 unspecified atom stereocenters. The van der Waals surface area contributed by atoms with Gasteiger partial charge in [-0.15, -0.1) is 11.8 Å². The smallest absolute Gasteiger partial charge is 0.136 e. The molecule has 0 aromatic heterocycles. The van der Waals surface area contributed by atoms with Crippen molar-refractivity contribution in [3.05, 3.63) is 0 Å². The third-order valence-corrected chi connectivity index (χ3v) is 3.38. The van der Waals surface area contributed by atoms with E-state index < -0.39 is 0 Å². The third-order valence-electron chi connectivity index (χ3n) is 3.38. The summed E-state index contributed by atoms with van der Waals surface area (Å²) in [7, 11) is 0. The van der Waals surface area contributed by atoms with E-state index in [1.807, 2.05) is 6.92 Å². The lowest BCUT2D eigenvalue weighted by Crippen LogP contribution is -2.00. The molecule has 0 saturated heterocycles. The highest BCUT2D eigenvalue weighted by molar-refractivity contribution is 5.84. The summed E-state index contributed by atoms with van der Waals surface area (Å²) >= 11 is 0. The average Bonchev–Trinajstić information content (AvgIpc) is 2.75. The highest BCUT2D eigenvalue weighted by atomic mass is 16.1. The molecule has 0 spiro atoms. The van der Waals surface area contributed by atoms with Gasteiger partial charge in [-0.1, -0.05) is 6.92 Å². The molecule has 0 aromatic carbocycles. The Hall–Kier alpha value is -0.770. The Bertz CT molecular complexity index is 251. The number of hydrogen-bond acceptors (Lipinski definition) is 1. The molecule has 1 fully saturated rings. The molecule has 2 aliphatic rings. The molecular formula is C12H16O. The zero-order valence-corrected chi connectivity index (χ0v) is 8.18. The molecule has 0 aliphatic heterocycles. The quantitative estimate of drug-likeness (QED) is 0.590. The third kappa shape index (κ3) is 1.63. The number of ketones is 1. The van der Waals surface area contributed by atoms with E-state index in [1.165, 1.54) is 0 Å². The van der Waals surface area contributed by atoms with Crippen LogP contribution in [0.3, 0.4) is 0 Å². The molecule has 1 nitrogen and oxygen atoms in total. The summed E-state index contributed by atoms with van der Waals surface area (Å²) in [6, 6.07) is 0. The standard InChI is InChI=1S/C12H16O/c1-2-11(13)12-9-7-5-3-4-6-8-10(9)12/h9-10,12H,2,5-8H2,1H3. The van der Waals surface area contributed by atoms with Crippen molar-refractivity contribution in [3.63, 3.8) is 0 Å². The second kappa shape index (κ2) is 3.54. The Balaban J connectivity index is 1.96. The van der Waals surface area contributed by atoms with E-state index >= 15 is 0 Å². The Kier molecular flexibility index (Phi) is 2.40. The van der Waals surface area contributed by atoms with E-state index in [0.717, 1.165) is 32.1 Å². The van der Waals surface area contributed by atoms with Crippen LogP contribution in [0.15, 0.2) is 0 Å². The molecule has 1 saturated carbocycles. The number of hydrogen-bond donors (Lipinski definition) is 0. The Labute approximate surface area is 79.9 Å². The summed E-state index contributed by atoms with van der Waals surface area (Å²) < 4.78 is 0. The summed E-state index contributed by atoms with van der Waals surface area (Å²) in [6.45, 7) is 1.98. The Morgan fingerprint density at radius 3 is 2.23 bits per heavy atom. The summed E-state index contributed by atoms with van der Waals surface area (Å²) in [4.78, 5) is 11.5. The monoisotopic (exact) mass is 176 g/mol. The first-order valence-electron chi connectivity index (χ1n) is 5.33. The van der Waals surface area contributed by atoms with Crippen LogP contribution in [0.5, 0.6) is 0 Å². The van der Waals surface area contributed by atoms with Crippen LogP contribution in [-0.2, 0) is 4.79 Å². The minimum absolute atomic E-state index is 0.409. The van der Waals surface area contributed by atoms with Crippen LogP contribution in [0, 0.1) is 29.6 Å². The fraction of sp³-hybridized carbons (Fsp3) is 0.750. The van der Waals surface area contributed by atoms with Crippen LogP contribution in [-0.4, -0.2) is 5.78 Å². The minimum Gasteiger partial charge on any atom is -0.299 e. The van der Waals surface area contributed by atoms with E-state index in [-0.39, 0.29) is 0 Å². The minimum atomic E-state index is 0.409. The fourth-order valence-corrected chi connectivity index (χ4v) is 2.60. The molecule has 0 N–H and O–H groups in total. The number of rotatable bonds is 2. The second-order valence-corrected chi connectivity index (χ2v) is 4.10. The summed E-state index contributed by atoms with van der Waals surface area (Å²) in [6.07, 6.45) is 5.06. The van der Waals surface area contributed by atoms with Gasteiger partial charge in [-0.3, -0.25) is 4.79 Å². The molecule has 0 bridgehead atoms. The van der Waals surface area contributed by atoms with Gasteiger partial charge in [-0.25, -0.2) is 0 Å². The van der Waals surface area contributed by atoms with Gasteiger partial charge in [0.25, 0.3) is 0 Å². The maximum Gasteiger partial charge on any atom is 0.136 e. The van der Waals surface area contributed by atoms with Crippen molar-refractivity contribution in [1.29, 1.82) is 0 Å². The maximum atomic E-state index is 11.5. The predicted octanol–water partition coefficient (Wildman–Crippen LogP) is 2.41. The van der Waals surface area contributed by atoms with Crippen LogP contribution in [0.4, 0.5) is 0 Å². The van der Waals surface area contributed by atoms with Crippen LogP contribution in [0.2, 0.25) is 0 Å². The van der Waals surface area contributed by atoms with Crippen LogP contribution in [0.1, 0.15) is 39.0 Å². The second-order valence-electron chi connectivity index (χ2n) is 4.10. The van der Waals surface area contributed by atoms with Crippen molar-refractivity contribution in [1.82, 2.24) is 0 Å². The Morgan fingerprint density at radius 1 is 1.23 bits per heavy atom. The van der Waals surface area contributed by atoms with Crippen LogP contribution < -0.4 is 0 Å². The molecule has 0 heterocycles. The lowest BCUT2D eigenvalue weighted by atomic mass is 10.1. The maximum absolute atomic E-state index is 11.5. The summed E-state index contributed by atoms with van der Waals surface area (Å²) in [5.41, 5.74) is 0. The first-order chi connectivity index (χ1) is 6.34. The molecule has 70 valence electrons. The zero-order chi connectivity index (χ0) is 9.26. The zero-order valence-electron chi connectivity index (χ0n) is 8.18. The van der Waals surface area contributed by atoms with E-state index in [0.29, 0.717) is 23.5 Å². The van der Waals surface area contributed by atoms with E-state index in [1.54, 1.807) is 0 Å². The molecule has 1 heteroatoms. The molecule has 2 atom stereocenters. The molecule has 2 aliphatic carbocycles. The fourth-order valence-electron chi connectivity index (χ4n) is 2.60. The number of Topliss-reactive ketones (excluding diaryl/α,β-unsaturated/α-hetero) is 1. The molecular weight excluding hydrogens is 160 g/mol. The number of fused-ring (bicyclic) bond motifs is 1. The van der Waals surface area contributed by atoms with Crippen molar-refractivity contribution >= 4 is 5.78 Å². The van der Waals surface area contributed by atoms with E-state index in [2.05, 4.69) is 11.8 Å². The molecule has 0 radical (unpaired) electrons. The first kappa shape index (κ1) is 8.81. The molecule has 0 amide bonds. The van der Waals surface area contributed by atoms with Crippen molar-refractivity contribution in [3.8, 4) is 11.8 Å². The highest BCUT2D eigenvalue weighted by Crippen LogP contribution is 2.53. The lowest BCUT2D eigenvalue weighted by molar-refractivity contribution is -0.120. The highest BCUT2D eigenvalue weighted by Gasteiger charge is 2.51. The van der Waals surface area contributed by atoms with Gasteiger partial charge >= 0.3 is 0 Å². The summed E-state index contributed by atoms with van der Waals surface area (Å²) in [5, 5.41) is 0. The van der Waals surface area contributed by atoms with Crippen LogP contribution >= 0.6 is 0 Å².